The zero-order chi connectivity index (χ0) is 23.8. The third kappa shape index (κ3) is 6.96. The predicted octanol–water partition coefficient (Wildman–Crippen LogP) is 8.28. The predicted molar refractivity (Wildman–Crippen MR) is 120 cm³/mol. The Hall–Kier alpha value is -2.55. The minimum absolute atomic E-state index is 0.399. The molecule has 0 N–H and O–H groups in total. The maximum absolute atomic E-state index is 14.5. The van der Waals surface area contributed by atoms with Crippen molar-refractivity contribution in [1.29, 1.82) is 5.26 Å². The van der Waals surface area contributed by atoms with E-state index in [1.807, 2.05) is 0 Å². The van der Waals surface area contributed by atoms with Crippen LogP contribution in [0.15, 0.2) is 36.4 Å². The fourth-order valence-electron chi connectivity index (χ4n) is 4.65. The van der Waals surface area contributed by atoms with Gasteiger partial charge in [-0.25, -0.2) is 8.78 Å². The molecule has 0 spiro atoms. The number of rotatable bonds is 10. The molecule has 2 nitrogen and oxygen atoms in total. The summed E-state index contributed by atoms with van der Waals surface area (Å²) < 4.78 is 61.0. The van der Waals surface area contributed by atoms with Gasteiger partial charge in [0.25, 0.3) is 0 Å². The molecular weight excluding hydrogens is 430 g/mol. The van der Waals surface area contributed by atoms with E-state index in [2.05, 4.69) is 11.7 Å². The molecule has 0 saturated heterocycles. The van der Waals surface area contributed by atoms with Crippen LogP contribution in [0.1, 0.15) is 81.4 Å². The summed E-state index contributed by atoms with van der Waals surface area (Å²) in [6, 6.07) is 8.41. The van der Waals surface area contributed by atoms with Crippen LogP contribution >= 0.6 is 0 Å². The summed E-state index contributed by atoms with van der Waals surface area (Å²) in [7, 11) is 0. The molecule has 3 rings (SSSR count). The van der Waals surface area contributed by atoms with Crippen LogP contribution in [0.4, 0.5) is 17.6 Å². The van der Waals surface area contributed by atoms with Crippen LogP contribution in [-0.2, 0) is 12.5 Å². The minimum atomic E-state index is -3.76. The molecule has 0 unspecified atom stereocenters. The number of hydrogen-bond acceptors (Lipinski definition) is 2. The van der Waals surface area contributed by atoms with Gasteiger partial charge in [-0.15, -0.1) is 0 Å². The smallest absolute Gasteiger partial charge is 0.426 e. The maximum atomic E-state index is 14.5. The first-order valence-electron chi connectivity index (χ1n) is 11.9. The molecule has 2 aromatic rings. The molecule has 1 saturated carbocycles. The summed E-state index contributed by atoms with van der Waals surface area (Å²) in [5, 5.41) is 8.69. The van der Waals surface area contributed by atoms with Crippen molar-refractivity contribution in [1.82, 2.24) is 0 Å². The highest BCUT2D eigenvalue weighted by Crippen LogP contribution is 2.35. The monoisotopic (exact) mass is 461 g/mol. The van der Waals surface area contributed by atoms with Crippen LogP contribution < -0.4 is 4.74 Å². The number of hydrogen-bond donors (Lipinski definition) is 0. The minimum Gasteiger partial charge on any atom is -0.429 e. The van der Waals surface area contributed by atoms with Gasteiger partial charge in [-0.3, -0.25) is 0 Å². The maximum Gasteiger partial charge on any atom is 0.426 e. The summed E-state index contributed by atoms with van der Waals surface area (Å²) in [6.45, 7) is 2.23. The lowest BCUT2D eigenvalue weighted by atomic mass is 9.78. The molecule has 33 heavy (non-hydrogen) atoms. The fraction of sp³-hybridized carbons (Fsp3) is 0.519. The van der Waals surface area contributed by atoms with Crippen molar-refractivity contribution in [3.8, 4) is 11.8 Å². The van der Waals surface area contributed by atoms with Crippen LogP contribution in [0.5, 0.6) is 5.75 Å². The lowest BCUT2D eigenvalue weighted by Gasteiger charge is -2.28. The van der Waals surface area contributed by atoms with E-state index in [0.717, 1.165) is 24.3 Å². The average Bonchev–Trinajstić information content (AvgIpc) is 2.78. The van der Waals surface area contributed by atoms with E-state index >= 15 is 0 Å². The summed E-state index contributed by atoms with van der Waals surface area (Å²) in [5.74, 6) is -1.60. The summed E-state index contributed by atoms with van der Waals surface area (Å²) in [6.07, 6.45) is 8.49. The molecule has 178 valence electrons. The molecule has 0 aromatic heterocycles. The van der Waals surface area contributed by atoms with Gasteiger partial charge in [-0.05, 0) is 42.4 Å². The quantitative estimate of drug-likeness (QED) is 0.263. The van der Waals surface area contributed by atoms with Gasteiger partial charge in [-0.2, -0.15) is 14.0 Å². The number of nitriles is 1. The molecule has 1 aliphatic carbocycles. The zero-order valence-corrected chi connectivity index (χ0v) is 19.1. The van der Waals surface area contributed by atoms with Gasteiger partial charge in [0.15, 0.2) is 0 Å². The van der Waals surface area contributed by atoms with Crippen LogP contribution in [0.2, 0.25) is 0 Å². The molecule has 1 fully saturated rings. The van der Waals surface area contributed by atoms with Gasteiger partial charge in [0.2, 0.25) is 0 Å². The largest absolute Gasteiger partial charge is 0.429 e. The first-order chi connectivity index (χ1) is 15.8. The SMILES string of the molecule is CCCCCC1CCC(CCc2ccc(C(F)(F)Oc3cc(F)c(C#N)c(F)c3)cc2)CC1. The third-order valence-corrected chi connectivity index (χ3v) is 6.69. The molecule has 0 amide bonds. The number of benzene rings is 2. The number of alkyl halides is 2. The first kappa shape index (κ1) is 25.1. The van der Waals surface area contributed by atoms with Crippen molar-refractivity contribution in [2.24, 2.45) is 11.8 Å². The van der Waals surface area contributed by atoms with Gasteiger partial charge in [-0.1, -0.05) is 70.4 Å². The molecule has 0 atom stereocenters. The van der Waals surface area contributed by atoms with Gasteiger partial charge in [0.1, 0.15) is 29.0 Å². The van der Waals surface area contributed by atoms with Crippen LogP contribution in [0, 0.1) is 34.8 Å². The average molecular weight is 462 g/mol. The number of unbranched alkanes of at least 4 members (excludes halogenated alkanes) is 2. The Morgan fingerprint density at radius 1 is 0.939 bits per heavy atom. The van der Waals surface area contributed by atoms with E-state index in [1.165, 1.54) is 69.6 Å². The highest BCUT2D eigenvalue weighted by molar-refractivity contribution is 5.38. The Kier molecular flexibility index (Phi) is 8.77. The van der Waals surface area contributed by atoms with Crippen LogP contribution in [-0.4, -0.2) is 0 Å². The zero-order valence-electron chi connectivity index (χ0n) is 19.1. The Labute approximate surface area is 193 Å². The second kappa shape index (κ2) is 11.5. The Balaban J connectivity index is 1.51. The third-order valence-electron chi connectivity index (χ3n) is 6.69. The van der Waals surface area contributed by atoms with E-state index in [0.29, 0.717) is 18.1 Å². The van der Waals surface area contributed by atoms with Gasteiger partial charge < -0.3 is 4.74 Å². The normalized spacial score (nSPS) is 18.7. The number of aryl methyl sites for hydroxylation is 1. The van der Waals surface area contributed by atoms with Crippen LogP contribution in [0.25, 0.3) is 0 Å². The van der Waals surface area contributed by atoms with Crippen molar-refractivity contribution in [3.05, 3.63) is 64.7 Å². The Morgan fingerprint density at radius 2 is 1.52 bits per heavy atom. The van der Waals surface area contributed by atoms with Gasteiger partial charge in [0.05, 0.1) is 5.56 Å². The topological polar surface area (TPSA) is 33.0 Å². The lowest BCUT2D eigenvalue weighted by Crippen LogP contribution is -2.22. The molecule has 0 radical (unpaired) electrons. The molecule has 0 aliphatic heterocycles. The summed E-state index contributed by atoms with van der Waals surface area (Å²) in [4.78, 5) is 0. The molecular formula is C27H31F4NO. The van der Waals surface area contributed by atoms with Crippen LogP contribution in [0.3, 0.4) is 0 Å². The van der Waals surface area contributed by atoms with E-state index in [1.54, 1.807) is 12.1 Å². The van der Waals surface area contributed by atoms with E-state index in [9.17, 15) is 17.6 Å². The fourth-order valence-corrected chi connectivity index (χ4v) is 4.65. The number of halogens is 4. The molecule has 1 aliphatic rings. The van der Waals surface area contributed by atoms with Crippen molar-refractivity contribution in [3.63, 3.8) is 0 Å². The van der Waals surface area contributed by atoms with Gasteiger partial charge >= 0.3 is 6.11 Å². The standard InChI is InChI=1S/C27H31F4NO/c1-2-3-4-5-19-6-8-20(9-7-19)10-11-21-12-14-22(15-13-21)27(30,31)33-23-16-25(28)24(18-32)26(29)17-23/h12-17,19-20H,2-11H2,1H3. The van der Waals surface area contributed by atoms with Crippen molar-refractivity contribution in [2.45, 2.75) is 77.2 Å². The number of nitrogens with zero attached hydrogens (tertiary/aromatic N) is 1. The summed E-state index contributed by atoms with van der Waals surface area (Å²) >= 11 is 0. The molecule has 2 aromatic carbocycles. The first-order valence-corrected chi connectivity index (χ1v) is 11.9. The molecule has 0 heterocycles. The van der Waals surface area contributed by atoms with Crippen molar-refractivity contribution in [2.75, 3.05) is 0 Å². The lowest BCUT2D eigenvalue weighted by molar-refractivity contribution is -0.185. The highest BCUT2D eigenvalue weighted by atomic mass is 19.3. The second-order valence-electron chi connectivity index (χ2n) is 9.11. The number of ether oxygens (including phenoxy) is 1. The Bertz CT molecular complexity index is 921. The second-order valence-corrected chi connectivity index (χ2v) is 9.11. The summed E-state index contributed by atoms with van der Waals surface area (Å²) in [5.41, 5.74) is -0.251. The van der Waals surface area contributed by atoms with Gasteiger partial charge in [0, 0.05) is 12.1 Å². The molecule has 6 heteroatoms. The van der Waals surface area contributed by atoms with E-state index in [4.69, 9.17) is 5.26 Å². The van der Waals surface area contributed by atoms with E-state index in [-0.39, 0.29) is 0 Å². The molecule has 0 bridgehead atoms. The Morgan fingerprint density at radius 3 is 2.06 bits per heavy atom. The van der Waals surface area contributed by atoms with Crippen molar-refractivity contribution < 1.29 is 22.3 Å². The van der Waals surface area contributed by atoms with Crippen molar-refractivity contribution >= 4 is 0 Å². The highest BCUT2D eigenvalue weighted by Gasteiger charge is 2.35. The van der Waals surface area contributed by atoms with E-state index < -0.39 is 34.6 Å².